The highest BCUT2D eigenvalue weighted by Gasteiger charge is 2.15. The zero-order valence-electron chi connectivity index (χ0n) is 13.0. The first-order valence-corrected chi connectivity index (χ1v) is 7.37. The quantitative estimate of drug-likeness (QED) is 0.887. The molecule has 1 heterocycles. The third-order valence-electron chi connectivity index (χ3n) is 3.66. The van der Waals surface area contributed by atoms with Gasteiger partial charge in [-0.2, -0.15) is 0 Å². The SMILES string of the molecule is CC(C)[C@H](C)NC(=O)NC[C@@H](C)c1nc2ccccc2o1. The number of carbonyl (C=O) groups is 1. The van der Waals surface area contributed by atoms with Crippen molar-refractivity contribution in [3.05, 3.63) is 30.2 Å². The van der Waals surface area contributed by atoms with Crippen LogP contribution in [0.5, 0.6) is 0 Å². The maximum Gasteiger partial charge on any atom is 0.315 e. The molecule has 2 amide bonds. The fourth-order valence-corrected chi connectivity index (χ4v) is 1.86. The second kappa shape index (κ2) is 6.61. The monoisotopic (exact) mass is 289 g/mol. The van der Waals surface area contributed by atoms with Crippen LogP contribution in [-0.2, 0) is 0 Å². The number of nitrogens with one attached hydrogen (secondary N) is 2. The molecule has 114 valence electrons. The van der Waals surface area contributed by atoms with Crippen molar-refractivity contribution in [3.8, 4) is 0 Å². The molecule has 0 saturated heterocycles. The van der Waals surface area contributed by atoms with E-state index < -0.39 is 0 Å². The van der Waals surface area contributed by atoms with Crippen LogP contribution in [0.3, 0.4) is 0 Å². The number of fused-ring (bicyclic) bond motifs is 1. The molecule has 5 nitrogen and oxygen atoms in total. The van der Waals surface area contributed by atoms with Crippen LogP contribution < -0.4 is 10.6 Å². The molecule has 1 aromatic heterocycles. The van der Waals surface area contributed by atoms with Crippen LogP contribution in [0.4, 0.5) is 4.79 Å². The van der Waals surface area contributed by atoms with Crippen molar-refractivity contribution in [2.75, 3.05) is 6.54 Å². The molecule has 1 aromatic carbocycles. The topological polar surface area (TPSA) is 67.2 Å². The molecule has 5 heteroatoms. The number of aromatic nitrogens is 1. The van der Waals surface area contributed by atoms with Gasteiger partial charge in [-0.15, -0.1) is 0 Å². The van der Waals surface area contributed by atoms with Crippen LogP contribution in [0.25, 0.3) is 11.1 Å². The molecule has 0 aliphatic rings. The highest BCUT2D eigenvalue weighted by molar-refractivity contribution is 5.74. The minimum absolute atomic E-state index is 0.0255. The number of para-hydroxylation sites is 2. The van der Waals surface area contributed by atoms with Gasteiger partial charge < -0.3 is 15.1 Å². The van der Waals surface area contributed by atoms with E-state index in [1.165, 1.54) is 0 Å². The van der Waals surface area contributed by atoms with Crippen molar-refractivity contribution in [1.29, 1.82) is 0 Å². The van der Waals surface area contributed by atoms with E-state index in [2.05, 4.69) is 29.5 Å². The Morgan fingerprint density at radius 2 is 1.95 bits per heavy atom. The van der Waals surface area contributed by atoms with Gasteiger partial charge in [0.2, 0.25) is 0 Å². The fraction of sp³-hybridized carbons (Fsp3) is 0.500. The molecule has 0 aliphatic heterocycles. The van der Waals surface area contributed by atoms with Crippen LogP contribution >= 0.6 is 0 Å². The Hall–Kier alpha value is -2.04. The van der Waals surface area contributed by atoms with Crippen LogP contribution in [0, 0.1) is 5.92 Å². The third kappa shape index (κ3) is 3.97. The molecule has 0 saturated carbocycles. The van der Waals surface area contributed by atoms with Crippen molar-refractivity contribution in [3.63, 3.8) is 0 Å². The first kappa shape index (κ1) is 15.4. The summed E-state index contributed by atoms with van der Waals surface area (Å²) in [4.78, 5) is 16.2. The summed E-state index contributed by atoms with van der Waals surface area (Å²) in [6.45, 7) is 8.62. The van der Waals surface area contributed by atoms with E-state index in [9.17, 15) is 4.79 Å². The molecule has 0 fully saturated rings. The molecule has 21 heavy (non-hydrogen) atoms. The van der Waals surface area contributed by atoms with E-state index in [0.717, 1.165) is 11.1 Å². The van der Waals surface area contributed by atoms with E-state index in [1.54, 1.807) is 0 Å². The van der Waals surface area contributed by atoms with Crippen molar-refractivity contribution < 1.29 is 9.21 Å². The minimum Gasteiger partial charge on any atom is -0.440 e. The first-order valence-electron chi connectivity index (χ1n) is 7.37. The summed E-state index contributed by atoms with van der Waals surface area (Å²) >= 11 is 0. The van der Waals surface area contributed by atoms with E-state index in [-0.39, 0.29) is 18.0 Å². The molecule has 0 unspecified atom stereocenters. The van der Waals surface area contributed by atoms with E-state index in [4.69, 9.17) is 4.42 Å². The number of rotatable bonds is 5. The van der Waals surface area contributed by atoms with E-state index in [0.29, 0.717) is 18.4 Å². The number of carbonyl (C=O) groups excluding carboxylic acids is 1. The van der Waals surface area contributed by atoms with Gasteiger partial charge in [-0.1, -0.05) is 32.9 Å². The van der Waals surface area contributed by atoms with Gasteiger partial charge in [-0.3, -0.25) is 0 Å². The molecule has 0 spiro atoms. The van der Waals surface area contributed by atoms with Gasteiger partial charge in [0.05, 0.1) is 5.92 Å². The van der Waals surface area contributed by atoms with E-state index >= 15 is 0 Å². The smallest absolute Gasteiger partial charge is 0.315 e. The molecule has 2 N–H and O–H groups in total. The maximum absolute atomic E-state index is 11.8. The molecule has 2 aromatic rings. The number of amides is 2. The van der Waals surface area contributed by atoms with Crippen molar-refractivity contribution in [1.82, 2.24) is 15.6 Å². The second-order valence-corrected chi connectivity index (χ2v) is 5.81. The van der Waals surface area contributed by atoms with Crippen molar-refractivity contribution in [2.24, 2.45) is 5.92 Å². The van der Waals surface area contributed by atoms with Crippen molar-refractivity contribution in [2.45, 2.75) is 39.7 Å². The van der Waals surface area contributed by atoms with Gasteiger partial charge in [0.15, 0.2) is 11.5 Å². The zero-order chi connectivity index (χ0) is 15.4. The van der Waals surface area contributed by atoms with E-state index in [1.807, 2.05) is 38.1 Å². The summed E-state index contributed by atoms with van der Waals surface area (Å²) in [6.07, 6.45) is 0. The van der Waals surface area contributed by atoms with Gasteiger partial charge in [0.1, 0.15) is 5.52 Å². The number of hydrogen-bond acceptors (Lipinski definition) is 3. The zero-order valence-corrected chi connectivity index (χ0v) is 13.0. The lowest BCUT2D eigenvalue weighted by molar-refractivity contribution is 0.233. The van der Waals surface area contributed by atoms with Gasteiger partial charge in [0.25, 0.3) is 0 Å². The van der Waals surface area contributed by atoms with Gasteiger partial charge in [-0.25, -0.2) is 9.78 Å². The second-order valence-electron chi connectivity index (χ2n) is 5.81. The normalized spacial score (nSPS) is 14.1. The van der Waals surface area contributed by atoms with Gasteiger partial charge in [-0.05, 0) is 25.0 Å². The predicted molar refractivity (Wildman–Crippen MR) is 83.3 cm³/mol. The summed E-state index contributed by atoms with van der Waals surface area (Å²) in [5, 5.41) is 5.77. The maximum atomic E-state index is 11.8. The molecule has 2 rings (SSSR count). The van der Waals surface area contributed by atoms with Crippen LogP contribution in [0.15, 0.2) is 28.7 Å². The molecular formula is C16H23N3O2. The number of oxazole rings is 1. The summed E-state index contributed by atoms with van der Waals surface area (Å²) in [5.41, 5.74) is 1.62. The van der Waals surface area contributed by atoms with Crippen LogP contribution in [0.2, 0.25) is 0 Å². The summed E-state index contributed by atoms with van der Waals surface area (Å²) < 4.78 is 5.70. The molecular weight excluding hydrogens is 266 g/mol. The Morgan fingerprint density at radius 1 is 1.24 bits per heavy atom. The minimum atomic E-state index is -0.154. The Morgan fingerprint density at radius 3 is 2.62 bits per heavy atom. The summed E-state index contributed by atoms with van der Waals surface area (Å²) in [6, 6.07) is 7.64. The summed E-state index contributed by atoms with van der Waals surface area (Å²) in [7, 11) is 0. The lowest BCUT2D eigenvalue weighted by Gasteiger charge is -2.18. The van der Waals surface area contributed by atoms with Gasteiger partial charge in [0, 0.05) is 12.6 Å². The molecule has 0 bridgehead atoms. The summed E-state index contributed by atoms with van der Waals surface area (Å²) in [5.74, 6) is 1.08. The van der Waals surface area contributed by atoms with Gasteiger partial charge >= 0.3 is 6.03 Å². The standard InChI is InChI=1S/C16H23N3O2/c1-10(2)12(4)18-16(20)17-9-11(3)15-19-13-7-5-6-8-14(13)21-15/h5-8,10-12H,9H2,1-4H3,(H2,17,18,20)/t11-,12+/m1/s1. The predicted octanol–water partition coefficient (Wildman–Crippen LogP) is 3.28. The highest BCUT2D eigenvalue weighted by atomic mass is 16.3. The number of urea groups is 1. The van der Waals surface area contributed by atoms with Crippen molar-refractivity contribution >= 4 is 17.1 Å². The Kier molecular flexibility index (Phi) is 4.83. The number of hydrogen-bond donors (Lipinski definition) is 2. The molecule has 0 aliphatic carbocycles. The first-order chi connectivity index (χ1) is 9.97. The third-order valence-corrected chi connectivity index (χ3v) is 3.66. The lowest BCUT2D eigenvalue weighted by atomic mass is 10.1. The molecule has 2 atom stereocenters. The Labute approximate surface area is 125 Å². The highest BCUT2D eigenvalue weighted by Crippen LogP contribution is 2.20. The average molecular weight is 289 g/mol. The van der Waals surface area contributed by atoms with Crippen LogP contribution in [-0.4, -0.2) is 23.6 Å². The largest absolute Gasteiger partial charge is 0.440 e. The Balaban J connectivity index is 1.89. The number of benzene rings is 1. The fourth-order valence-electron chi connectivity index (χ4n) is 1.86. The average Bonchev–Trinajstić information content (AvgIpc) is 2.88. The number of nitrogens with zero attached hydrogens (tertiary/aromatic N) is 1. The molecule has 0 radical (unpaired) electrons. The Bertz CT molecular complexity index is 573. The lowest BCUT2D eigenvalue weighted by Crippen LogP contribution is -2.43. The van der Waals surface area contributed by atoms with Crippen LogP contribution in [0.1, 0.15) is 39.5 Å².